The molecule has 19 heavy (non-hydrogen) atoms. The normalized spacial score (nSPS) is 9.89. The lowest BCUT2D eigenvalue weighted by Crippen LogP contribution is -2.23. The van der Waals surface area contributed by atoms with Gasteiger partial charge in [0, 0.05) is 12.1 Å². The van der Waals surface area contributed by atoms with Crippen LogP contribution in [0.2, 0.25) is 0 Å². The third-order valence-electron chi connectivity index (χ3n) is 2.50. The van der Waals surface area contributed by atoms with Gasteiger partial charge in [-0.15, -0.1) is 6.58 Å². The van der Waals surface area contributed by atoms with Crippen molar-refractivity contribution in [2.75, 3.05) is 6.54 Å². The Morgan fingerprint density at radius 1 is 1.32 bits per heavy atom. The molecule has 1 amide bonds. The third kappa shape index (κ3) is 3.48. The fourth-order valence-corrected chi connectivity index (χ4v) is 1.57. The van der Waals surface area contributed by atoms with Crippen molar-refractivity contribution < 1.29 is 13.9 Å². The van der Waals surface area contributed by atoms with Gasteiger partial charge in [0.25, 0.3) is 5.91 Å². The zero-order valence-corrected chi connectivity index (χ0v) is 10.5. The van der Waals surface area contributed by atoms with E-state index in [1.807, 2.05) is 30.3 Å². The molecule has 4 nitrogen and oxygen atoms in total. The summed E-state index contributed by atoms with van der Waals surface area (Å²) >= 11 is 0. The van der Waals surface area contributed by atoms with Gasteiger partial charge in [-0.2, -0.15) is 0 Å². The van der Waals surface area contributed by atoms with Crippen LogP contribution in [0.4, 0.5) is 0 Å². The number of hydrogen-bond acceptors (Lipinski definition) is 3. The predicted molar refractivity (Wildman–Crippen MR) is 72.0 cm³/mol. The van der Waals surface area contributed by atoms with Crippen molar-refractivity contribution in [2.45, 2.75) is 6.61 Å². The maximum Gasteiger partial charge on any atom is 0.287 e. The summed E-state index contributed by atoms with van der Waals surface area (Å²) in [4.78, 5) is 11.8. The van der Waals surface area contributed by atoms with Gasteiger partial charge in [0.2, 0.25) is 0 Å². The maximum atomic E-state index is 11.8. The van der Waals surface area contributed by atoms with Gasteiger partial charge in [0.05, 0.1) is 6.26 Å². The van der Waals surface area contributed by atoms with Gasteiger partial charge in [-0.1, -0.05) is 24.3 Å². The second-order valence-corrected chi connectivity index (χ2v) is 3.88. The third-order valence-corrected chi connectivity index (χ3v) is 2.50. The van der Waals surface area contributed by atoms with Crippen molar-refractivity contribution in [3.63, 3.8) is 0 Å². The molecule has 1 heterocycles. The lowest BCUT2D eigenvalue weighted by atomic mass is 10.2. The maximum absolute atomic E-state index is 11.8. The number of carbonyl (C=O) groups excluding carboxylic acids is 1. The molecule has 0 bridgehead atoms. The summed E-state index contributed by atoms with van der Waals surface area (Å²) in [7, 11) is 0. The second kappa shape index (κ2) is 6.44. The molecule has 4 heteroatoms. The van der Waals surface area contributed by atoms with Crippen LogP contribution in [0.5, 0.6) is 5.75 Å². The molecule has 0 aliphatic rings. The van der Waals surface area contributed by atoms with E-state index in [9.17, 15) is 4.79 Å². The molecule has 2 aromatic rings. The van der Waals surface area contributed by atoms with E-state index in [1.54, 1.807) is 12.1 Å². The van der Waals surface area contributed by atoms with E-state index < -0.39 is 0 Å². The predicted octanol–water partition coefficient (Wildman–Crippen LogP) is 2.77. The first-order valence-corrected chi connectivity index (χ1v) is 5.94. The van der Waals surface area contributed by atoms with E-state index in [4.69, 9.17) is 9.15 Å². The van der Waals surface area contributed by atoms with Crippen LogP contribution in [-0.2, 0) is 6.61 Å². The van der Waals surface area contributed by atoms with Gasteiger partial charge in [-0.3, -0.25) is 4.79 Å². The molecular weight excluding hydrogens is 242 g/mol. The minimum atomic E-state index is -0.267. The van der Waals surface area contributed by atoms with E-state index in [1.165, 1.54) is 6.26 Å². The van der Waals surface area contributed by atoms with Gasteiger partial charge >= 0.3 is 0 Å². The zero-order chi connectivity index (χ0) is 13.5. The van der Waals surface area contributed by atoms with Crippen LogP contribution < -0.4 is 10.1 Å². The van der Waals surface area contributed by atoms with Crippen molar-refractivity contribution in [3.05, 3.63) is 66.6 Å². The molecule has 1 N–H and O–H groups in total. The number of nitrogens with one attached hydrogen (secondary N) is 1. The van der Waals surface area contributed by atoms with E-state index in [0.717, 1.165) is 5.75 Å². The summed E-state index contributed by atoms with van der Waals surface area (Å²) in [6.07, 6.45) is 3.09. The summed E-state index contributed by atoms with van der Waals surface area (Å²) < 4.78 is 10.8. The van der Waals surface area contributed by atoms with Crippen LogP contribution in [0.1, 0.15) is 16.1 Å². The highest BCUT2D eigenvalue weighted by molar-refractivity contribution is 5.92. The largest absolute Gasteiger partial charge is 0.489 e. The number of benzene rings is 1. The molecule has 0 fully saturated rings. The number of ether oxygens (including phenoxy) is 1. The van der Waals surface area contributed by atoms with Crippen LogP contribution >= 0.6 is 0 Å². The Morgan fingerprint density at radius 2 is 2.11 bits per heavy atom. The average Bonchev–Trinajstić information content (AvgIpc) is 2.92. The monoisotopic (exact) mass is 257 g/mol. The van der Waals surface area contributed by atoms with Crippen LogP contribution in [0, 0.1) is 0 Å². The Bertz CT molecular complexity index is 546. The number of rotatable bonds is 6. The fraction of sp³-hybridized carbons (Fsp3) is 0.133. The lowest BCUT2D eigenvalue weighted by Gasteiger charge is -2.06. The fourth-order valence-electron chi connectivity index (χ4n) is 1.57. The molecule has 2 rings (SSSR count). The highest BCUT2D eigenvalue weighted by Gasteiger charge is 2.14. The molecule has 1 aromatic carbocycles. The molecule has 0 atom stereocenters. The van der Waals surface area contributed by atoms with Crippen molar-refractivity contribution in [1.82, 2.24) is 5.32 Å². The first-order chi connectivity index (χ1) is 9.31. The summed E-state index contributed by atoms with van der Waals surface area (Å²) in [6.45, 7) is 4.23. The van der Waals surface area contributed by atoms with Crippen LogP contribution in [0.3, 0.4) is 0 Å². The Hall–Kier alpha value is -2.49. The molecule has 0 saturated heterocycles. The van der Waals surface area contributed by atoms with E-state index in [2.05, 4.69) is 11.9 Å². The number of carbonyl (C=O) groups is 1. The van der Waals surface area contributed by atoms with Crippen molar-refractivity contribution in [3.8, 4) is 5.75 Å². The lowest BCUT2D eigenvalue weighted by molar-refractivity contribution is 0.0927. The quantitative estimate of drug-likeness (QED) is 0.809. The minimum Gasteiger partial charge on any atom is -0.489 e. The van der Waals surface area contributed by atoms with Crippen LogP contribution in [0.25, 0.3) is 0 Å². The standard InChI is InChI=1S/C15H15NO3/c1-2-9-16-15(17)14-12(8-10-18-14)11-19-13-6-4-3-5-7-13/h2-8,10H,1,9,11H2,(H,16,17). The number of amides is 1. The van der Waals surface area contributed by atoms with E-state index in [-0.39, 0.29) is 18.3 Å². The van der Waals surface area contributed by atoms with Crippen molar-refractivity contribution >= 4 is 5.91 Å². The molecule has 1 aromatic heterocycles. The molecule has 0 aliphatic carbocycles. The van der Waals surface area contributed by atoms with E-state index in [0.29, 0.717) is 12.1 Å². The van der Waals surface area contributed by atoms with Crippen LogP contribution in [-0.4, -0.2) is 12.5 Å². The molecule has 0 unspecified atom stereocenters. The van der Waals surface area contributed by atoms with Gasteiger partial charge in [0.1, 0.15) is 12.4 Å². The SMILES string of the molecule is C=CCNC(=O)c1occc1COc1ccccc1. The minimum absolute atomic E-state index is 0.267. The highest BCUT2D eigenvalue weighted by Crippen LogP contribution is 2.15. The summed E-state index contributed by atoms with van der Waals surface area (Å²) in [5.41, 5.74) is 0.713. The summed E-state index contributed by atoms with van der Waals surface area (Å²) in [6, 6.07) is 11.1. The molecule has 0 spiro atoms. The molecule has 0 radical (unpaired) electrons. The smallest absolute Gasteiger partial charge is 0.287 e. The van der Waals surface area contributed by atoms with Crippen LogP contribution in [0.15, 0.2) is 59.7 Å². The topological polar surface area (TPSA) is 51.5 Å². The van der Waals surface area contributed by atoms with E-state index >= 15 is 0 Å². The first kappa shape index (κ1) is 13.0. The average molecular weight is 257 g/mol. The first-order valence-electron chi connectivity index (χ1n) is 5.94. The Kier molecular flexibility index (Phi) is 4.39. The van der Waals surface area contributed by atoms with Crippen molar-refractivity contribution in [2.24, 2.45) is 0 Å². The Balaban J connectivity index is 1.99. The Morgan fingerprint density at radius 3 is 2.84 bits per heavy atom. The highest BCUT2D eigenvalue weighted by atomic mass is 16.5. The Labute approximate surface area is 111 Å². The van der Waals surface area contributed by atoms with Gasteiger partial charge in [-0.05, 0) is 18.2 Å². The second-order valence-electron chi connectivity index (χ2n) is 3.88. The summed E-state index contributed by atoms with van der Waals surface area (Å²) in [5, 5.41) is 2.67. The number of furan rings is 1. The van der Waals surface area contributed by atoms with Crippen molar-refractivity contribution in [1.29, 1.82) is 0 Å². The number of hydrogen-bond donors (Lipinski definition) is 1. The van der Waals surface area contributed by atoms with Gasteiger partial charge in [0.15, 0.2) is 5.76 Å². The zero-order valence-electron chi connectivity index (χ0n) is 10.5. The van der Waals surface area contributed by atoms with Gasteiger partial charge < -0.3 is 14.5 Å². The molecule has 0 saturated carbocycles. The molecular formula is C15H15NO3. The molecule has 98 valence electrons. The summed E-state index contributed by atoms with van der Waals surface area (Å²) in [5.74, 6) is 0.760. The molecule has 0 aliphatic heterocycles. The van der Waals surface area contributed by atoms with Gasteiger partial charge in [-0.25, -0.2) is 0 Å². The number of para-hydroxylation sites is 1.